The molecule has 3 nitrogen and oxygen atoms in total. The standard InChI is InChI=1S/C12H19NO2/c1-3-11(14)9-13-8-10-6-4-5-7-12(10)15-2/h4-7,11,13-14H,3,8-9H2,1-2H3. The molecule has 15 heavy (non-hydrogen) atoms. The van der Waals surface area contributed by atoms with Crippen LogP contribution in [0.15, 0.2) is 24.3 Å². The van der Waals surface area contributed by atoms with Crippen LogP contribution in [0.5, 0.6) is 5.75 Å². The number of rotatable bonds is 6. The minimum atomic E-state index is -0.264. The molecule has 2 N–H and O–H groups in total. The van der Waals surface area contributed by atoms with Gasteiger partial charge in [-0.05, 0) is 12.5 Å². The normalized spacial score (nSPS) is 12.5. The Labute approximate surface area is 91.1 Å². The van der Waals surface area contributed by atoms with E-state index in [2.05, 4.69) is 5.32 Å². The molecule has 0 bridgehead atoms. The lowest BCUT2D eigenvalue weighted by Gasteiger charge is -2.11. The molecule has 0 heterocycles. The van der Waals surface area contributed by atoms with Gasteiger partial charge in [0.15, 0.2) is 0 Å². The number of benzene rings is 1. The number of para-hydroxylation sites is 1. The molecule has 0 aliphatic rings. The molecule has 1 aromatic carbocycles. The lowest BCUT2D eigenvalue weighted by atomic mass is 10.2. The molecule has 0 aliphatic heterocycles. The van der Waals surface area contributed by atoms with Crippen LogP contribution in [0.2, 0.25) is 0 Å². The SMILES string of the molecule is CCC(O)CNCc1ccccc1OC. The topological polar surface area (TPSA) is 41.5 Å². The van der Waals surface area contributed by atoms with Gasteiger partial charge in [-0.1, -0.05) is 25.1 Å². The smallest absolute Gasteiger partial charge is 0.123 e. The molecule has 0 saturated carbocycles. The van der Waals surface area contributed by atoms with Gasteiger partial charge in [0.25, 0.3) is 0 Å². The minimum Gasteiger partial charge on any atom is -0.496 e. The quantitative estimate of drug-likeness (QED) is 0.747. The van der Waals surface area contributed by atoms with Gasteiger partial charge in [0.05, 0.1) is 13.2 Å². The van der Waals surface area contributed by atoms with Gasteiger partial charge in [-0.2, -0.15) is 0 Å². The summed E-state index contributed by atoms with van der Waals surface area (Å²) in [6, 6.07) is 7.89. The number of hydrogen-bond acceptors (Lipinski definition) is 3. The molecule has 0 aliphatic carbocycles. The number of hydrogen-bond donors (Lipinski definition) is 2. The van der Waals surface area contributed by atoms with Crippen molar-refractivity contribution in [3.8, 4) is 5.75 Å². The largest absolute Gasteiger partial charge is 0.496 e. The first-order valence-electron chi connectivity index (χ1n) is 5.28. The molecule has 0 radical (unpaired) electrons. The predicted molar refractivity (Wildman–Crippen MR) is 61.0 cm³/mol. The summed E-state index contributed by atoms with van der Waals surface area (Å²) >= 11 is 0. The maximum absolute atomic E-state index is 9.37. The second-order valence-electron chi connectivity index (χ2n) is 3.50. The van der Waals surface area contributed by atoms with Crippen molar-refractivity contribution >= 4 is 0 Å². The van der Waals surface area contributed by atoms with Crippen molar-refractivity contribution in [3.05, 3.63) is 29.8 Å². The second-order valence-corrected chi connectivity index (χ2v) is 3.50. The maximum atomic E-state index is 9.37. The average molecular weight is 209 g/mol. The van der Waals surface area contributed by atoms with Crippen molar-refractivity contribution in [2.75, 3.05) is 13.7 Å². The van der Waals surface area contributed by atoms with Crippen molar-refractivity contribution in [2.24, 2.45) is 0 Å². The Balaban J connectivity index is 2.43. The molecule has 1 unspecified atom stereocenters. The number of ether oxygens (including phenoxy) is 1. The summed E-state index contributed by atoms with van der Waals surface area (Å²) in [6.07, 6.45) is 0.513. The number of methoxy groups -OCH3 is 1. The van der Waals surface area contributed by atoms with Gasteiger partial charge in [0.1, 0.15) is 5.75 Å². The highest BCUT2D eigenvalue weighted by Gasteiger charge is 2.02. The molecule has 1 rings (SSSR count). The van der Waals surface area contributed by atoms with E-state index in [1.54, 1.807) is 7.11 Å². The fourth-order valence-electron chi connectivity index (χ4n) is 1.37. The van der Waals surface area contributed by atoms with E-state index >= 15 is 0 Å². The van der Waals surface area contributed by atoms with Crippen molar-refractivity contribution in [1.82, 2.24) is 5.32 Å². The first-order chi connectivity index (χ1) is 7.27. The molecule has 3 heteroatoms. The number of nitrogens with one attached hydrogen (secondary N) is 1. The highest BCUT2D eigenvalue weighted by Crippen LogP contribution is 2.16. The van der Waals surface area contributed by atoms with Gasteiger partial charge in [-0.3, -0.25) is 0 Å². The number of aliphatic hydroxyl groups is 1. The molecule has 0 fully saturated rings. The van der Waals surface area contributed by atoms with Gasteiger partial charge in [-0.25, -0.2) is 0 Å². The summed E-state index contributed by atoms with van der Waals surface area (Å²) < 4.78 is 5.23. The lowest BCUT2D eigenvalue weighted by Crippen LogP contribution is -2.25. The highest BCUT2D eigenvalue weighted by molar-refractivity contribution is 5.32. The molecule has 84 valence electrons. The van der Waals surface area contributed by atoms with Crippen LogP contribution >= 0.6 is 0 Å². The summed E-state index contributed by atoms with van der Waals surface area (Å²) in [5, 5.41) is 12.6. The molecule has 0 amide bonds. The summed E-state index contributed by atoms with van der Waals surface area (Å²) in [4.78, 5) is 0. The van der Waals surface area contributed by atoms with E-state index in [1.165, 1.54) is 0 Å². The molecular weight excluding hydrogens is 190 g/mol. The van der Waals surface area contributed by atoms with E-state index in [0.717, 1.165) is 24.3 Å². The summed E-state index contributed by atoms with van der Waals surface area (Å²) in [5.41, 5.74) is 1.11. The Morgan fingerprint density at radius 2 is 2.13 bits per heavy atom. The van der Waals surface area contributed by atoms with Crippen molar-refractivity contribution in [2.45, 2.75) is 26.0 Å². The van der Waals surface area contributed by atoms with Gasteiger partial charge >= 0.3 is 0 Å². The third kappa shape index (κ3) is 3.90. The Morgan fingerprint density at radius 1 is 1.40 bits per heavy atom. The van der Waals surface area contributed by atoms with Crippen LogP contribution in [0.25, 0.3) is 0 Å². The van der Waals surface area contributed by atoms with Crippen molar-refractivity contribution < 1.29 is 9.84 Å². The van der Waals surface area contributed by atoms with Crippen LogP contribution in [0.1, 0.15) is 18.9 Å². The third-order valence-corrected chi connectivity index (χ3v) is 2.36. The first kappa shape index (κ1) is 12.0. The summed E-state index contributed by atoms with van der Waals surface area (Å²) in [6.45, 7) is 3.31. The monoisotopic (exact) mass is 209 g/mol. The minimum absolute atomic E-state index is 0.264. The summed E-state index contributed by atoms with van der Waals surface area (Å²) in [5.74, 6) is 0.885. The van der Waals surface area contributed by atoms with E-state index in [1.807, 2.05) is 31.2 Å². The van der Waals surface area contributed by atoms with E-state index in [0.29, 0.717) is 6.54 Å². The average Bonchev–Trinajstić information content (AvgIpc) is 2.29. The molecular formula is C12H19NO2. The molecule has 1 atom stereocenters. The van der Waals surface area contributed by atoms with Gasteiger partial charge in [-0.15, -0.1) is 0 Å². The van der Waals surface area contributed by atoms with Gasteiger partial charge < -0.3 is 15.2 Å². The van der Waals surface area contributed by atoms with Crippen molar-refractivity contribution in [1.29, 1.82) is 0 Å². The van der Waals surface area contributed by atoms with Crippen molar-refractivity contribution in [3.63, 3.8) is 0 Å². The zero-order valence-electron chi connectivity index (χ0n) is 9.36. The van der Waals surface area contributed by atoms with Crippen LogP contribution in [0.4, 0.5) is 0 Å². The third-order valence-electron chi connectivity index (χ3n) is 2.36. The Kier molecular flexibility index (Phi) is 5.15. The predicted octanol–water partition coefficient (Wildman–Crippen LogP) is 1.56. The lowest BCUT2D eigenvalue weighted by molar-refractivity contribution is 0.167. The zero-order valence-corrected chi connectivity index (χ0v) is 9.36. The van der Waals surface area contributed by atoms with Gasteiger partial charge in [0.2, 0.25) is 0 Å². The van der Waals surface area contributed by atoms with E-state index in [4.69, 9.17) is 4.74 Å². The zero-order chi connectivity index (χ0) is 11.1. The molecule has 0 spiro atoms. The molecule has 0 aromatic heterocycles. The first-order valence-corrected chi connectivity index (χ1v) is 5.28. The van der Waals surface area contributed by atoms with E-state index in [9.17, 15) is 5.11 Å². The van der Waals surface area contributed by atoms with Crippen LogP contribution in [0.3, 0.4) is 0 Å². The van der Waals surface area contributed by atoms with Crippen LogP contribution in [0, 0.1) is 0 Å². The molecule has 1 aromatic rings. The van der Waals surface area contributed by atoms with E-state index < -0.39 is 0 Å². The van der Waals surface area contributed by atoms with E-state index in [-0.39, 0.29) is 6.10 Å². The Hall–Kier alpha value is -1.06. The highest BCUT2D eigenvalue weighted by atomic mass is 16.5. The fraction of sp³-hybridized carbons (Fsp3) is 0.500. The van der Waals surface area contributed by atoms with Crippen LogP contribution in [-0.4, -0.2) is 24.9 Å². The van der Waals surface area contributed by atoms with Gasteiger partial charge in [0, 0.05) is 18.7 Å². The van der Waals surface area contributed by atoms with Crippen LogP contribution in [-0.2, 0) is 6.54 Å². The Morgan fingerprint density at radius 3 is 2.80 bits per heavy atom. The fourth-order valence-corrected chi connectivity index (χ4v) is 1.37. The summed E-state index contributed by atoms with van der Waals surface area (Å²) in [7, 11) is 1.67. The molecule has 0 saturated heterocycles. The number of aliphatic hydroxyl groups excluding tert-OH is 1. The Bertz CT molecular complexity index is 289. The van der Waals surface area contributed by atoms with Crippen LogP contribution < -0.4 is 10.1 Å². The maximum Gasteiger partial charge on any atom is 0.123 e. The second kappa shape index (κ2) is 6.43.